The molecule has 0 fully saturated rings. The molecule has 1 aromatic rings. The van der Waals surface area contributed by atoms with E-state index in [1.165, 1.54) is 0 Å². The Morgan fingerprint density at radius 1 is 1.27 bits per heavy atom. The maximum Gasteiger partial charge on any atom is 0.211 e. The van der Waals surface area contributed by atoms with Crippen molar-refractivity contribution < 1.29 is 4.79 Å². The minimum absolute atomic E-state index is 0.656. The lowest BCUT2D eigenvalue weighted by atomic mass is 10.2. The predicted molar refractivity (Wildman–Crippen MR) is 46.2 cm³/mol. The molecule has 0 radical (unpaired) electrons. The Labute approximate surface area is 65.5 Å². The lowest BCUT2D eigenvalue weighted by molar-refractivity contribution is -0.105. The van der Waals surface area contributed by atoms with Crippen molar-refractivity contribution in [1.82, 2.24) is 0 Å². The average Bonchev–Trinajstić information content (AvgIpc) is 2.07. The highest BCUT2D eigenvalue weighted by atomic mass is 16.1. The first-order valence-corrected chi connectivity index (χ1v) is 3.29. The van der Waals surface area contributed by atoms with Gasteiger partial charge in [0.1, 0.15) is 0 Å². The number of rotatable bonds is 3. The largest absolute Gasteiger partial charge is 0.329 e. The molecule has 0 bridgehead atoms. The number of carbonyl (C=O) groups is 1. The third-order valence-corrected chi connectivity index (χ3v) is 1.37. The fourth-order valence-corrected chi connectivity index (χ4v) is 0.783. The second kappa shape index (κ2) is 3.56. The number of nitrogens with one attached hydrogen (secondary N) is 1. The van der Waals surface area contributed by atoms with E-state index < -0.39 is 0 Å². The van der Waals surface area contributed by atoms with Crippen molar-refractivity contribution in [2.75, 3.05) is 5.32 Å². The van der Waals surface area contributed by atoms with E-state index in [1.54, 1.807) is 6.08 Å². The summed E-state index contributed by atoms with van der Waals surface area (Å²) in [4.78, 5) is 10.00. The van der Waals surface area contributed by atoms with Crippen LogP contribution < -0.4 is 5.32 Å². The minimum Gasteiger partial charge on any atom is -0.329 e. The number of hydrogen-bond acceptors (Lipinski definition) is 1. The molecule has 0 aliphatic heterocycles. The number of anilines is 1. The molecule has 11 heavy (non-hydrogen) atoms. The minimum atomic E-state index is 0.656. The van der Waals surface area contributed by atoms with Gasteiger partial charge in [-0.3, -0.25) is 4.79 Å². The van der Waals surface area contributed by atoms with Gasteiger partial charge in [-0.2, -0.15) is 0 Å². The molecule has 0 heterocycles. The van der Waals surface area contributed by atoms with Crippen LogP contribution in [0.4, 0.5) is 5.69 Å². The highest BCUT2D eigenvalue weighted by Gasteiger charge is 1.87. The standard InChI is InChI=1S/C9H9NO/c1-2-8-3-5-9(6-4-8)10-7-11/h2-7H,1H2,(H,10,11). The summed E-state index contributed by atoms with van der Waals surface area (Å²) in [7, 11) is 0. The van der Waals surface area contributed by atoms with Crippen molar-refractivity contribution in [2.24, 2.45) is 0 Å². The van der Waals surface area contributed by atoms with Crippen LogP contribution in [0.1, 0.15) is 5.56 Å². The monoisotopic (exact) mass is 147 g/mol. The summed E-state index contributed by atoms with van der Waals surface area (Å²) in [5.41, 5.74) is 1.84. The second-order valence-electron chi connectivity index (χ2n) is 2.09. The first kappa shape index (κ1) is 7.54. The van der Waals surface area contributed by atoms with Crippen molar-refractivity contribution in [2.45, 2.75) is 0 Å². The van der Waals surface area contributed by atoms with Crippen LogP contribution >= 0.6 is 0 Å². The molecule has 0 unspecified atom stereocenters. The number of carbonyl (C=O) groups excluding carboxylic acids is 1. The first-order chi connectivity index (χ1) is 5.36. The summed E-state index contributed by atoms with van der Waals surface area (Å²) >= 11 is 0. The molecule has 1 N–H and O–H groups in total. The zero-order chi connectivity index (χ0) is 8.10. The molecule has 1 aromatic carbocycles. The van der Waals surface area contributed by atoms with Crippen LogP contribution in [0.3, 0.4) is 0 Å². The Bertz CT molecular complexity index is 251. The van der Waals surface area contributed by atoms with Gasteiger partial charge in [-0.25, -0.2) is 0 Å². The summed E-state index contributed by atoms with van der Waals surface area (Å²) in [6.07, 6.45) is 2.41. The topological polar surface area (TPSA) is 29.1 Å². The molecule has 1 amide bonds. The zero-order valence-electron chi connectivity index (χ0n) is 6.08. The first-order valence-electron chi connectivity index (χ1n) is 3.29. The molecule has 2 nitrogen and oxygen atoms in total. The molecule has 0 spiro atoms. The van der Waals surface area contributed by atoms with Gasteiger partial charge in [-0.15, -0.1) is 0 Å². The molecular weight excluding hydrogens is 138 g/mol. The summed E-state index contributed by atoms with van der Waals surface area (Å²) in [5.74, 6) is 0. The van der Waals surface area contributed by atoms with Crippen LogP contribution in [0.5, 0.6) is 0 Å². The lowest BCUT2D eigenvalue weighted by Gasteiger charge is -1.97. The Balaban J connectivity index is 2.81. The smallest absolute Gasteiger partial charge is 0.211 e. The molecule has 0 saturated carbocycles. The molecule has 1 rings (SSSR count). The summed E-state index contributed by atoms with van der Waals surface area (Å²) in [5, 5.41) is 2.54. The number of hydrogen-bond donors (Lipinski definition) is 1. The third kappa shape index (κ3) is 1.93. The average molecular weight is 147 g/mol. The van der Waals surface area contributed by atoms with E-state index in [2.05, 4.69) is 11.9 Å². The fraction of sp³-hybridized carbons (Fsp3) is 0. The van der Waals surface area contributed by atoms with Crippen molar-refractivity contribution >= 4 is 18.2 Å². The van der Waals surface area contributed by atoms with E-state index >= 15 is 0 Å². The highest BCUT2D eigenvalue weighted by Crippen LogP contribution is 2.08. The van der Waals surface area contributed by atoms with Crippen molar-refractivity contribution in [3.63, 3.8) is 0 Å². The Morgan fingerprint density at radius 2 is 1.91 bits per heavy atom. The highest BCUT2D eigenvalue weighted by molar-refractivity contribution is 5.71. The van der Waals surface area contributed by atoms with Gasteiger partial charge in [0.05, 0.1) is 0 Å². The third-order valence-electron chi connectivity index (χ3n) is 1.37. The Hall–Kier alpha value is -1.57. The molecule has 0 aromatic heterocycles. The van der Waals surface area contributed by atoms with Crippen LogP contribution in [-0.2, 0) is 4.79 Å². The van der Waals surface area contributed by atoms with E-state index in [9.17, 15) is 4.79 Å². The summed E-state index contributed by atoms with van der Waals surface area (Å²) in [6, 6.07) is 7.43. The van der Waals surface area contributed by atoms with Gasteiger partial charge in [0, 0.05) is 5.69 Å². The van der Waals surface area contributed by atoms with Gasteiger partial charge in [0.15, 0.2) is 0 Å². The molecule has 0 saturated heterocycles. The van der Waals surface area contributed by atoms with Crippen LogP contribution in [-0.4, -0.2) is 6.41 Å². The molecule has 0 aliphatic carbocycles. The Morgan fingerprint density at radius 3 is 2.36 bits per heavy atom. The van der Waals surface area contributed by atoms with Crippen LogP contribution in [0, 0.1) is 0 Å². The van der Waals surface area contributed by atoms with Crippen molar-refractivity contribution in [3.8, 4) is 0 Å². The van der Waals surface area contributed by atoms with Crippen molar-refractivity contribution in [3.05, 3.63) is 36.4 Å². The fourth-order valence-electron chi connectivity index (χ4n) is 0.783. The van der Waals surface area contributed by atoms with Crippen LogP contribution in [0.2, 0.25) is 0 Å². The van der Waals surface area contributed by atoms with E-state index in [4.69, 9.17) is 0 Å². The van der Waals surface area contributed by atoms with Crippen LogP contribution in [0.15, 0.2) is 30.8 Å². The SMILES string of the molecule is C=Cc1ccc(NC=O)cc1. The quantitative estimate of drug-likeness (QED) is 0.650. The van der Waals surface area contributed by atoms with E-state index in [0.717, 1.165) is 11.3 Å². The van der Waals surface area contributed by atoms with Gasteiger partial charge in [-0.1, -0.05) is 24.8 Å². The summed E-state index contributed by atoms with van der Waals surface area (Å²) in [6.45, 7) is 3.62. The van der Waals surface area contributed by atoms with Gasteiger partial charge in [0.2, 0.25) is 6.41 Å². The van der Waals surface area contributed by atoms with Gasteiger partial charge in [0.25, 0.3) is 0 Å². The zero-order valence-corrected chi connectivity index (χ0v) is 6.08. The second-order valence-corrected chi connectivity index (χ2v) is 2.09. The molecule has 0 aliphatic rings. The maximum absolute atomic E-state index is 10.00. The van der Waals surface area contributed by atoms with Gasteiger partial charge < -0.3 is 5.32 Å². The molecule has 56 valence electrons. The summed E-state index contributed by atoms with van der Waals surface area (Å²) < 4.78 is 0. The molecule has 0 atom stereocenters. The molecule has 2 heteroatoms. The van der Waals surface area contributed by atoms with E-state index in [1.807, 2.05) is 24.3 Å². The van der Waals surface area contributed by atoms with Gasteiger partial charge >= 0.3 is 0 Å². The number of amides is 1. The van der Waals surface area contributed by atoms with Gasteiger partial charge in [-0.05, 0) is 17.7 Å². The maximum atomic E-state index is 10.00. The van der Waals surface area contributed by atoms with Crippen LogP contribution in [0.25, 0.3) is 6.08 Å². The Kier molecular flexibility index (Phi) is 2.44. The van der Waals surface area contributed by atoms with E-state index in [-0.39, 0.29) is 0 Å². The lowest BCUT2D eigenvalue weighted by Crippen LogP contribution is -1.92. The number of benzene rings is 1. The molecular formula is C9H9NO. The normalized spacial score (nSPS) is 8.73. The van der Waals surface area contributed by atoms with E-state index in [0.29, 0.717) is 6.41 Å². The predicted octanol–water partition coefficient (Wildman–Crippen LogP) is 1.90. The van der Waals surface area contributed by atoms with Crippen molar-refractivity contribution in [1.29, 1.82) is 0 Å².